The number of carbonyl (C=O) groups is 3. The Hall–Kier alpha value is -3.69. The van der Waals surface area contributed by atoms with E-state index in [1.54, 1.807) is 18.2 Å². The van der Waals surface area contributed by atoms with Gasteiger partial charge in [0.05, 0.1) is 6.20 Å². The highest BCUT2D eigenvalue weighted by Gasteiger charge is 2.11. The van der Waals surface area contributed by atoms with Gasteiger partial charge < -0.3 is 21.7 Å². The molecule has 0 saturated heterocycles. The zero-order valence-corrected chi connectivity index (χ0v) is 13.0. The topological polar surface area (TPSA) is 159 Å². The van der Waals surface area contributed by atoms with Gasteiger partial charge >= 0.3 is 6.03 Å². The molecule has 0 radical (unpaired) electrons. The normalized spacial score (nSPS) is 9.92. The number of aromatic amines is 1. The Morgan fingerprint density at radius 1 is 1.16 bits per heavy atom. The Bertz CT molecular complexity index is 848. The highest BCUT2D eigenvalue weighted by molar-refractivity contribution is 6.04. The summed E-state index contributed by atoms with van der Waals surface area (Å²) in [5, 5.41) is 13.5. The van der Waals surface area contributed by atoms with Gasteiger partial charge in [-0.2, -0.15) is 5.10 Å². The van der Waals surface area contributed by atoms with Crippen molar-refractivity contribution in [1.82, 2.24) is 15.5 Å². The van der Waals surface area contributed by atoms with Crippen molar-refractivity contribution < 1.29 is 14.4 Å². The summed E-state index contributed by atoms with van der Waals surface area (Å²) in [5.41, 5.74) is 5.18. The van der Waals surface area contributed by atoms with Crippen molar-refractivity contribution in [1.29, 1.82) is 0 Å². The molecule has 0 bridgehead atoms. The molecule has 0 atom stereocenters. The van der Waals surface area contributed by atoms with Crippen molar-refractivity contribution >= 4 is 29.2 Å². The Labute approximate surface area is 141 Å². The van der Waals surface area contributed by atoms with Gasteiger partial charge in [-0.25, -0.2) is 4.79 Å². The number of urea groups is 1. The Morgan fingerprint density at radius 2 is 1.88 bits per heavy atom. The minimum absolute atomic E-state index is 0.0317. The summed E-state index contributed by atoms with van der Waals surface area (Å²) >= 11 is 0. The molecule has 2 rings (SSSR count). The van der Waals surface area contributed by atoms with Crippen LogP contribution in [0.25, 0.3) is 0 Å². The molecule has 6 N–H and O–H groups in total. The van der Waals surface area contributed by atoms with Crippen molar-refractivity contribution in [2.75, 3.05) is 17.2 Å². The minimum atomic E-state index is -0.605. The quantitative estimate of drug-likeness (QED) is 0.499. The lowest BCUT2D eigenvalue weighted by Gasteiger charge is -2.09. The van der Waals surface area contributed by atoms with Crippen molar-refractivity contribution in [3.63, 3.8) is 0 Å². The monoisotopic (exact) mass is 344 g/mol. The van der Waals surface area contributed by atoms with E-state index in [-0.39, 0.29) is 18.5 Å². The highest BCUT2D eigenvalue weighted by atomic mass is 16.2. The molecule has 1 aromatic heterocycles. The van der Waals surface area contributed by atoms with E-state index < -0.39 is 23.3 Å². The molecule has 1 aromatic carbocycles. The SMILES string of the molecule is NC(=O)CCNC(=O)Nc1cccc(NC(=O)c2c[nH]ncc2=O)c1. The van der Waals surface area contributed by atoms with Crippen molar-refractivity contribution in [3.8, 4) is 0 Å². The van der Waals surface area contributed by atoms with Gasteiger partial charge in [-0.15, -0.1) is 0 Å². The maximum Gasteiger partial charge on any atom is 0.319 e. The molecular formula is C15H16N6O4. The summed E-state index contributed by atoms with van der Waals surface area (Å²) in [6, 6.07) is 5.83. The predicted octanol–water partition coefficient (Wildman–Crippen LogP) is 0.0191. The molecule has 4 amide bonds. The first-order valence-corrected chi connectivity index (χ1v) is 7.23. The van der Waals surface area contributed by atoms with Crippen LogP contribution < -0.4 is 27.1 Å². The number of aromatic nitrogens is 2. The zero-order valence-electron chi connectivity index (χ0n) is 13.0. The second-order valence-electron chi connectivity index (χ2n) is 4.94. The molecule has 0 aliphatic heterocycles. The maximum absolute atomic E-state index is 12.1. The van der Waals surface area contributed by atoms with Crippen molar-refractivity contribution in [2.45, 2.75) is 6.42 Å². The number of benzene rings is 1. The number of rotatable bonds is 6. The minimum Gasteiger partial charge on any atom is -0.370 e. The number of primary amides is 1. The molecular weight excluding hydrogens is 328 g/mol. The number of amides is 4. The molecule has 10 heteroatoms. The van der Waals surface area contributed by atoms with Gasteiger partial charge in [-0.1, -0.05) is 6.07 Å². The number of carbonyl (C=O) groups excluding carboxylic acids is 3. The summed E-state index contributed by atoms with van der Waals surface area (Å²) < 4.78 is 0. The lowest BCUT2D eigenvalue weighted by atomic mass is 10.2. The number of nitrogens with two attached hydrogens (primary N) is 1. The van der Waals surface area contributed by atoms with Gasteiger partial charge in [0, 0.05) is 30.5 Å². The van der Waals surface area contributed by atoms with Crippen molar-refractivity contribution in [2.24, 2.45) is 5.73 Å². The van der Waals surface area contributed by atoms with Crippen LogP contribution in [-0.2, 0) is 4.79 Å². The Kier molecular flexibility index (Phi) is 5.82. The second kappa shape index (κ2) is 8.24. The fourth-order valence-electron chi connectivity index (χ4n) is 1.86. The number of nitrogens with zero attached hydrogens (tertiary/aromatic N) is 1. The Morgan fingerprint density at radius 3 is 2.56 bits per heavy atom. The molecule has 0 aliphatic rings. The first-order valence-electron chi connectivity index (χ1n) is 7.23. The lowest BCUT2D eigenvalue weighted by Crippen LogP contribution is -2.31. The Balaban J connectivity index is 1.98. The van der Waals surface area contributed by atoms with Crippen LogP contribution in [0.2, 0.25) is 0 Å². The standard InChI is InChI=1S/C15H16N6O4/c16-13(23)4-5-17-15(25)21-10-3-1-2-9(6-10)20-14(24)11-7-18-19-8-12(11)22/h1-3,6-8H,4-5H2,(H2,16,23)(H,18,22)(H,20,24)(H2,17,21,25). The van der Waals surface area contributed by atoms with E-state index >= 15 is 0 Å². The van der Waals surface area contributed by atoms with E-state index in [0.29, 0.717) is 11.4 Å². The van der Waals surface area contributed by atoms with Crippen LogP contribution in [0.15, 0.2) is 41.5 Å². The van der Waals surface area contributed by atoms with Crippen LogP contribution >= 0.6 is 0 Å². The van der Waals surface area contributed by atoms with Crippen LogP contribution in [0.4, 0.5) is 16.2 Å². The summed E-state index contributed by atoms with van der Waals surface area (Å²) in [5.74, 6) is -1.12. The van der Waals surface area contributed by atoms with E-state index in [9.17, 15) is 19.2 Å². The molecule has 0 unspecified atom stereocenters. The van der Waals surface area contributed by atoms with Gasteiger partial charge in [0.15, 0.2) is 0 Å². The van der Waals surface area contributed by atoms with Gasteiger partial charge in [-0.3, -0.25) is 19.5 Å². The van der Waals surface area contributed by atoms with Gasteiger partial charge in [-0.05, 0) is 18.2 Å². The third kappa shape index (κ3) is 5.46. The summed E-state index contributed by atoms with van der Waals surface area (Å²) in [6.07, 6.45) is 2.24. The van der Waals surface area contributed by atoms with Crippen LogP contribution in [-0.4, -0.2) is 34.6 Å². The average molecular weight is 344 g/mol. The van der Waals surface area contributed by atoms with E-state index in [1.807, 2.05) is 0 Å². The predicted molar refractivity (Wildman–Crippen MR) is 90.1 cm³/mol. The van der Waals surface area contributed by atoms with Crippen LogP contribution in [0.3, 0.4) is 0 Å². The third-order valence-corrected chi connectivity index (χ3v) is 3.01. The summed E-state index contributed by atoms with van der Waals surface area (Å²) in [6.45, 7) is 0.114. The first-order chi connectivity index (χ1) is 12.0. The van der Waals surface area contributed by atoms with E-state index in [0.717, 1.165) is 6.20 Å². The van der Waals surface area contributed by atoms with E-state index in [4.69, 9.17) is 5.73 Å². The summed E-state index contributed by atoms with van der Waals surface area (Å²) in [7, 11) is 0. The first kappa shape index (κ1) is 17.7. The zero-order chi connectivity index (χ0) is 18.2. The fourth-order valence-corrected chi connectivity index (χ4v) is 1.86. The van der Waals surface area contributed by atoms with Crippen LogP contribution in [0, 0.1) is 0 Å². The van der Waals surface area contributed by atoms with Crippen LogP contribution in [0.5, 0.6) is 0 Å². The maximum atomic E-state index is 12.1. The average Bonchev–Trinajstić information content (AvgIpc) is 2.55. The molecule has 0 saturated carbocycles. The summed E-state index contributed by atoms with van der Waals surface area (Å²) in [4.78, 5) is 45.9. The fraction of sp³-hybridized carbons (Fsp3) is 0.133. The van der Waals surface area contributed by atoms with Crippen LogP contribution in [0.1, 0.15) is 16.8 Å². The van der Waals surface area contributed by atoms with Gasteiger partial charge in [0.1, 0.15) is 5.56 Å². The number of nitrogens with one attached hydrogen (secondary N) is 4. The van der Waals surface area contributed by atoms with E-state index in [1.165, 1.54) is 12.3 Å². The second-order valence-corrected chi connectivity index (χ2v) is 4.94. The molecule has 0 aliphatic carbocycles. The molecule has 0 spiro atoms. The smallest absolute Gasteiger partial charge is 0.319 e. The molecule has 10 nitrogen and oxygen atoms in total. The molecule has 2 aromatic rings. The molecule has 1 heterocycles. The highest BCUT2D eigenvalue weighted by Crippen LogP contribution is 2.15. The number of anilines is 2. The number of H-pyrrole nitrogens is 1. The van der Waals surface area contributed by atoms with Crippen molar-refractivity contribution in [3.05, 3.63) is 52.4 Å². The van der Waals surface area contributed by atoms with Gasteiger partial charge in [0.25, 0.3) is 5.91 Å². The van der Waals surface area contributed by atoms with E-state index in [2.05, 4.69) is 26.1 Å². The molecule has 0 fully saturated rings. The number of hydrogen-bond donors (Lipinski definition) is 5. The number of hydrogen-bond acceptors (Lipinski definition) is 5. The molecule has 130 valence electrons. The van der Waals surface area contributed by atoms with Gasteiger partial charge in [0.2, 0.25) is 11.3 Å². The lowest BCUT2D eigenvalue weighted by molar-refractivity contribution is -0.117. The largest absolute Gasteiger partial charge is 0.370 e. The third-order valence-electron chi connectivity index (χ3n) is 3.01. The molecule has 25 heavy (non-hydrogen) atoms.